The van der Waals surface area contributed by atoms with Crippen LogP contribution in [0.4, 0.5) is 0 Å². The molecule has 2 unspecified atom stereocenters. The van der Waals surface area contributed by atoms with Gasteiger partial charge in [-0.3, -0.25) is 4.90 Å². The monoisotopic (exact) mass is 238 g/mol. The van der Waals surface area contributed by atoms with Crippen LogP contribution < -0.4 is 5.32 Å². The molecule has 2 atom stereocenters. The van der Waals surface area contributed by atoms with Crippen molar-refractivity contribution in [3.8, 4) is 0 Å². The maximum Gasteiger partial charge on any atom is 0.0163 e. The van der Waals surface area contributed by atoms with Crippen LogP contribution in [-0.4, -0.2) is 37.1 Å². The van der Waals surface area contributed by atoms with Crippen molar-refractivity contribution >= 4 is 0 Å². The molecule has 2 heteroatoms. The van der Waals surface area contributed by atoms with Gasteiger partial charge in [0.05, 0.1) is 0 Å². The summed E-state index contributed by atoms with van der Waals surface area (Å²) < 4.78 is 0. The Balaban J connectivity index is 2.29. The van der Waals surface area contributed by atoms with E-state index in [4.69, 9.17) is 0 Å². The summed E-state index contributed by atoms with van der Waals surface area (Å²) >= 11 is 0. The van der Waals surface area contributed by atoms with Gasteiger partial charge in [-0.1, -0.05) is 26.8 Å². The van der Waals surface area contributed by atoms with Gasteiger partial charge in [-0.15, -0.1) is 6.58 Å². The number of nitrogens with one attached hydrogen (secondary N) is 1. The molecule has 100 valence electrons. The molecule has 1 rings (SSSR count). The van der Waals surface area contributed by atoms with Gasteiger partial charge in [0.1, 0.15) is 0 Å². The zero-order valence-electron chi connectivity index (χ0n) is 11.9. The fourth-order valence-electron chi connectivity index (χ4n) is 2.67. The summed E-state index contributed by atoms with van der Waals surface area (Å²) in [6.45, 7) is 15.3. The predicted octanol–water partition coefficient (Wildman–Crippen LogP) is 2.91. The molecule has 1 aliphatic carbocycles. The Bertz CT molecular complexity index is 213. The molecule has 0 heterocycles. The molecule has 0 aliphatic heterocycles. The first kappa shape index (κ1) is 14.7. The molecule has 0 spiro atoms. The summed E-state index contributed by atoms with van der Waals surface area (Å²) in [6, 6.07) is 0.799. The van der Waals surface area contributed by atoms with Gasteiger partial charge >= 0.3 is 0 Å². The summed E-state index contributed by atoms with van der Waals surface area (Å²) in [6.07, 6.45) is 6.07. The van der Waals surface area contributed by atoms with Crippen molar-refractivity contribution in [1.82, 2.24) is 10.2 Å². The smallest absolute Gasteiger partial charge is 0.0163 e. The van der Waals surface area contributed by atoms with Gasteiger partial charge in [0.2, 0.25) is 0 Å². The van der Waals surface area contributed by atoms with Crippen LogP contribution in [0, 0.1) is 11.8 Å². The zero-order valence-corrected chi connectivity index (χ0v) is 11.9. The van der Waals surface area contributed by atoms with Crippen molar-refractivity contribution in [2.24, 2.45) is 11.8 Å². The van der Waals surface area contributed by atoms with Gasteiger partial charge in [-0.25, -0.2) is 0 Å². The van der Waals surface area contributed by atoms with Crippen LogP contribution in [0.2, 0.25) is 0 Å². The van der Waals surface area contributed by atoms with Crippen molar-refractivity contribution in [1.29, 1.82) is 0 Å². The highest BCUT2D eigenvalue weighted by atomic mass is 15.2. The summed E-state index contributed by atoms with van der Waals surface area (Å²) in [5, 5.41) is 3.60. The molecule has 1 N–H and O–H groups in total. The van der Waals surface area contributed by atoms with Crippen molar-refractivity contribution in [3.05, 3.63) is 12.7 Å². The maximum absolute atomic E-state index is 3.88. The number of rotatable bonds is 9. The van der Waals surface area contributed by atoms with Crippen LogP contribution in [0.3, 0.4) is 0 Å². The summed E-state index contributed by atoms with van der Waals surface area (Å²) in [5.41, 5.74) is 0. The standard InChI is InChI=1S/C15H30N2/c1-5-9-17(10-6-2)15-8-7-14(15)12-16-11-13(3)4/h5,13-16H,1,6-12H2,2-4H3. The van der Waals surface area contributed by atoms with E-state index in [1.165, 1.54) is 32.4 Å². The van der Waals surface area contributed by atoms with E-state index in [2.05, 4.69) is 37.6 Å². The topological polar surface area (TPSA) is 15.3 Å². The van der Waals surface area contributed by atoms with Crippen molar-refractivity contribution in [3.63, 3.8) is 0 Å². The first-order valence-electron chi connectivity index (χ1n) is 7.24. The Morgan fingerprint density at radius 3 is 2.65 bits per heavy atom. The SMILES string of the molecule is C=CCN(CCC)C1CCC1CNCC(C)C. The Morgan fingerprint density at radius 1 is 1.41 bits per heavy atom. The fraction of sp³-hybridized carbons (Fsp3) is 0.867. The van der Waals surface area contributed by atoms with Crippen LogP contribution >= 0.6 is 0 Å². The van der Waals surface area contributed by atoms with E-state index >= 15 is 0 Å². The van der Waals surface area contributed by atoms with E-state index in [0.717, 1.165) is 31.0 Å². The van der Waals surface area contributed by atoms with Gasteiger partial charge in [0.15, 0.2) is 0 Å². The lowest BCUT2D eigenvalue weighted by molar-refractivity contribution is 0.0711. The molecule has 1 fully saturated rings. The molecule has 2 nitrogen and oxygen atoms in total. The van der Waals surface area contributed by atoms with E-state index < -0.39 is 0 Å². The second kappa shape index (κ2) is 7.88. The van der Waals surface area contributed by atoms with E-state index in [-0.39, 0.29) is 0 Å². The highest BCUT2D eigenvalue weighted by molar-refractivity contribution is 4.92. The molecule has 0 amide bonds. The third kappa shape index (κ3) is 4.81. The van der Waals surface area contributed by atoms with Gasteiger partial charge < -0.3 is 5.32 Å². The van der Waals surface area contributed by atoms with Crippen molar-refractivity contribution in [2.75, 3.05) is 26.2 Å². The second-order valence-corrected chi connectivity index (χ2v) is 5.74. The lowest BCUT2D eigenvalue weighted by Gasteiger charge is -2.44. The average Bonchev–Trinajstić information content (AvgIpc) is 2.23. The number of nitrogens with zero attached hydrogens (tertiary/aromatic N) is 1. The van der Waals surface area contributed by atoms with Crippen LogP contribution in [0.25, 0.3) is 0 Å². The number of hydrogen-bond donors (Lipinski definition) is 1. The summed E-state index contributed by atoms with van der Waals surface area (Å²) in [4.78, 5) is 2.61. The van der Waals surface area contributed by atoms with E-state index in [9.17, 15) is 0 Å². The molecule has 0 aromatic heterocycles. The first-order valence-corrected chi connectivity index (χ1v) is 7.24. The molecular weight excluding hydrogens is 208 g/mol. The van der Waals surface area contributed by atoms with Crippen LogP contribution in [0.15, 0.2) is 12.7 Å². The van der Waals surface area contributed by atoms with Crippen LogP contribution in [0.5, 0.6) is 0 Å². The molecular formula is C15H30N2. The highest BCUT2D eigenvalue weighted by Gasteiger charge is 2.34. The maximum atomic E-state index is 3.88. The molecule has 0 radical (unpaired) electrons. The van der Waals surface area contributed by atoms with Gasteiger partial charge in [0.25, 0.3) is 0 Å². The highest BCUT2D eigenvalue weighted by Crippen LogP contribution is 2.31. The molecule has 0 aromatic carbocycles. The molecule has 1 aliphatic rings. The Labute approximate surface area is 107 Å². The second-order valence-electron chi connectivity index (χ2n) is 5.74. The third-order valence-electron chi connectivity index (χ3n) is 3.68. The molecule has 0 saturated heterocycles. The van der Waals surface area contributed by atoms with Crippen LogP contribution in [0.1, 0.15) is 40.0 Å². The third-order valence-corrected chi connectivity index (χ3v) is 3.68. The quantitative estimate of drug-likeness (QED) is 0.621. The fourth-order valence-corrected chi connectivity index (χ4v) is 2.67. The van der Waals surface area contributed by atoms with Gasteiger partial charge in [-0.05, 0) is 50.7 Å². The molecule has 0 bridgehead atoms. The van der Waals surface area contributed by atoms with Crippen LogP contribution in [-0.2, 0) is 0 Å². The lowest BCUT2D eigenvalue weighted by atomic mass is 9.78. The minimum Gasteiger partial charge on any atom is -0.316 e. The molecule has 1 saturated carbocycles. The van der Waals surface area contributed by atoms with Gasteiger partial charge in [0, 0.05) is 12.6 Å². The zero-order chi connectivity index (χ0) is 12.7. The van der Waals surface area contributed by atoms with Crippen molar-refractivity contribution < 1.29 is 0 Å². The minimum atomic E-state index is 0.758. The van der Waals surface area contributed by atoms with E-state index in [1.807, 2.05) is 6.08 Å². The minimum absolute atomic E-state index is 0.758. The van der Waals surface area contributed by atoms with E-state index in [1.54, 1.807) is 0 Å². The summed E-state index contributed by atoms with van der Waals surface area (Å²) in [7, 11) is 0. The van der Waals surface area contributed by atoms with Gasteiger partial charge in [-0.2, -0.15) is 0 Å². The molecule has 0 aromatic rings. The Morgan fingerprint density at radius 2 is 2.18 bits per heavy atom. The molecule has 17 heavy (non-hydrogen) atoms. The lowest BCUT2D eigenvalue weighted by Crippen LogP contribution is -2.51. The Hall–Kier alpha value is -0.340. The first-order chi connectivity index (χ1) is 8.19. The Kier molecular flexibility index (Phi) is 6.83. The largest absolute Gasteiger partial charge is 0.316 e. The average molecular weight is 238 g/mol. The van der Waals surface area contributed by atoms with E-state index in [0.29, 0.717) is 0 Å². The predicted molar refractivity (Wildman–Crippen MR) is 76.3 cm³/mol. The number of hydrogen-bond acceptors (Lipinski definition) is 2. The van der Waals surface area contributed by atoms with Crippen molar-refractivity contribution in [2.45, 2.75) is 46.1 Å². The normalized spacial score (nSPS) is 24.1. The summed E-state index contributed by atoms with van der Waals surface area (Å²) in [5.74, 6) is 1.62.